The number of likely N-dealkylation sites (tertiary alicyclic amines) is 1. The zero-order valence-electron chi connectivity index (χ0n) is 14.0. The minimum absolute atomic E-state index is 0.155. The maximum Gasteiger partial charge on any atom is 0.225 e. The van der Waals surface area contributed by atoms with Crippen molar-refractivity contribution in [1.29, 1.82) is 0 Å². The van der Waals surface area contributed by atoms with Crippen molar-refractivity contribution in [3.8, 4) is 0 Å². The number of hydrogen-bond acceptors (Lipinski definition) is 5. The smallest absolute Gasteiger partial charge is 0.225 e. The third-order valence-electron chi connectivity index (χ3n) is 5.52. The van der Waals surface area contributed by atoms with E-state index in [-0.39, 0.29) is 5.92 Å². The summed E-state index contributed by atoms with van der Waals surface area (Å²) in [4.78, 5) is 21.2. The van der Waals surface area contributed by atoms with E-state index in [4.69, 9.17) is 9.47 Å². The summed E-state index contributed by atoms with van der Waals surface area (Å²) in [5, 5.41) is 0. The largest absolute Gasteiger partial charge is 0.371 e. The second kappa shape index (κ2) is 6.69. The number of pyridine rings is 1. The van der Waals surface area contributed by atoms with E-state index < -0.39 is 5.79 Å². The van der Waals surface area contributed by atoms with Gasteiger partial charge in [-0.25, -0.2) is 0 Å². The lowest BCUT2D eigenvalue weighted by atomic mass is 9.93. The first kappa shape index (κ1) is 15.8. The Bertz CT molecular complexity index is 556. The van der Waals surface area contributed by atoms with E-state index in [9.17, 15) is 4.79 Å². The molecule has 0 radical (unpaired) electrons. The summed E-state index contributed by atoms with van der Waals surface area (Å²) in [6.45, 7) is 4.74. The topological polar surface area (TPSA) is 54.9 Å². The number of piperidine rings is 2. The molecule has 0 saturated carbocycles. The van der Waals surface area contributed by atoms with Crippen molar-refractivity contribution in [3.05, 3.63) is 24.5 Å². The van der Waals surface area contributed by atoms with Crippen LogP contribution in [0.2, 0.25) is 0 Å². The molecule has 1 spiro atoms. The zero-order valence-corrected chi connectivity index (χ0v) is 14.0. The minimum Gasteiger partial charge on any atom is -0.371 e. The molecule has 6 heteroatoms. The van der Waals surface area contributed by atoms with Crippen LogP contribution in [0, 0.1) is 5.92 Å². The predicted octanol–water partition coefficient (Wildman–Crippen LogP) is 1.66. The number of hydrogen-bond donors (Lipinski definition) is 0. The van der Waals surface area contributed by atoms with Crippen molar-refractivity contribution in [1.82, 2.24) is 9.88 Å². The molecular weight excluding hydrogens is 306 g/mol. The molecule has 0 atom stereocenters. The van der Waals surface area contributed by atoms with Crippen LogP contribution in [0.5, 0.6) is 0 Å². The maximum atomic E-state index is 12.8. The molecule has 1 amide bonds. The number of nitrogens with zero attached hydrogens (tertiary/aromatic N) is 3. The van der Waals surface area contributed by atoms with Crippen molar-refractivity contribution in [2.75, 3.05) is 44.3 Å². The van der Waals surface area contributed by atoms with Crippen LogP contribution in [-0.2, 0) is 14.3 Å². The summed E-state index contributed by atoms with van der Waals surface area (Å²) < 4.78 is 11.5. The summed E-state index contributed by atoms with van der Waals surface area (Å²) in [6.07, 6.45) is 7.10. The van der Waals surface area contributed by atoms with Gasteiger partial charge in [-0.1, -0.05) is 0 Å². The third kappa shape index (κ3) is 3.13. The van der Waals surface area contributed by atoms with Crippen LogP contribution in [-0.4, -0.2) is 61.0 Å². The molecule has 3 aliphatic heterocycles. The van der Waals surface area contributed by atoms with Crippen molar-refractivity contribution >= 4 is 11.6 Å². The van der Waals surface area contributed by atoms with Crippen LogP contribution in [0.15, 0.2) is 24.5 Å². The number of amides is 1. The average Bonchev–Trinajstić information content (AvgIpc) is 3.11. The molecule has 0 bridgehead atoms. The average molecular weight is 331 g/mol. The number of rotatable bonds is 2. The lowest BCUT2D eigenvalue weighted by molar-refractivity contribution is -0.188. The van der Waals surface area contributed by atoms with E-state index in [1.165, 1.54) is 5.69 Å². The molecule has 1 aromatic heterocycles. The van der Waals surface area contributed by atoms with Gasteiger partial charge < -0.3 is 19.3 Å². The molecule has 3 aliphatic rings. The van der Waals surface area contributed by atoms with Gasteiger partial charge in [0.15, 0.2) is 5.79 Å². The van der Waals surface area contributed by atoms with E-state index in [1.54, 1.807) is 0 Å². The van der Waals surface area contributed by atoms with Crippen molar-refractivity contribution in [2.24, 2.45) is 5.92 Å². The summed E-state index contributed by atoms with van der Waals surface area (Å²) in [6, 6.07) is 4.07. The number of anilines is 1. The van der Waals surface area contributed by atoms with Gasteiger partial charge in [0.2, 0.25) is 5.91 Å². The second-order valence-electron chi connectivity index (χ2n) is 6.90. The Morgan fingerprint density at radius 2 is 1.67 bits per heavy atom. The fourth-order valence-electron chi connectivity index (χ4n) is 4.05. The number of carbonyl (C=O) groups excluding carboxylic acids is 1. The first-order valence-corrected chi connectivity index (χ1v) is 8.97. The van der Waals surface area contributed by atoms with Crippen LogP contribution in [0.1, 0.15) is 25.7 Å². The molecule has 4 rings (SSSR count). The van der Waals surface area contributed by atoms with Crippen LogP contribution < -0.4 is 4.90 Å². The molecule has 3 saturated heterocycles. The normalized spacial score (nSPS) is 24.5. The van der Waals surface area contributed by atoms with Crippen LogP contribution in [0.3, 0.4) is 0 Å². The van der Waals surface area contributed by atoms with Gasteiger partial charge in [-0.05, 0) is 25.0 Å². The van der Waals surface area contributed by atoms with Gasteiger partial charge in [-0.3, -0.25) is 9.78 Å². The Hall–Kier alpha value is -1.66. The predicted molar refractivity (Wildman–Crippen MR) is 89.6 cm³/mol. The molecule has 6 nitrogen and oxygen atoms in total. The number of aromatic nitrogens is 1. The van der Waals surface area contributed by atoms with Crippen LogP contribution in [0.25, 0.3) is 0 Å². The highest BCUT2D eigenvalue weighted by atomic mass is 16.7. The zero-order chi connectivity index (χ0) is 16.4. The van der Waals surface area contributed by atoms with E-state index >= 15 is 0 Å². The Morgan fingerprint density at radius 3 is 2.29 bits per heavy atom. The standard InChI is InChI=1S/C18H25N3O3/c22-17(21-11-5-18(6-12-21)23-13-14-24-18)15-3-9-20(10-4-15)16-1-7-19-8-2-16/h1-2,7-8,15H,3-6,9-14H2. The number of carbonyl (C=O) groups is 1. The lowest BCUT2D eigenvalue weighted by Crippen LogP contribution is -2.50. The Labute approximate surface area is 142 Å². The summed E-state index contributed by atoms with van der Waals surface area (Å²) >= 11 is 0. The Morgan fingerprint density at radius 1 is 1.04 bits per heavy atom. The highest BCUT2D eigenvalue weighted by Gasteiger charge is 2.41. The minimum atomic E-state index is -0.401. The van der Waals surface area contributed by atoms with Crippen LogP contribution >= 0.6 is 0 Å². The fourth-order valence-corrected chi connectivity index (χ4v) is 4.05. The van der Waals surface area contributed by atoms with Crippen LogP contribution in [0.4, 0.5) is 5.69 Å². The summed E-state index contributed by atoms with van der Waals surface area (Å²) in [5.74, 6) is 0.0707. The molecule has 0 aliphatic carbocycles. The molecular formula is C18H25N3O3. The molecule has 0 aromatic carbocycles. The van der Waals surface area contributed by atoms with Gasteiger partial charge in [0.05, 0.1) is 13.2 Å². The SMILES string of the molecule is O=C(C1CCN(c2ccncc2)CC1)N1CCC2(CC1)OCCO2. The second-order valence-corrected chi connectivity index (χ2v) is 6.90. The fraction of sp³-hybridized carbons (Fsp3) is 0.667. The highest BCUT2D eigenvalue weighted by Crippen LogP contribution is 2.32. The molecule has 0 N–H and O–H groups in total. The molecule has 3 fully saturated rings. The van der Waals surface area contributed by atoms with E-state index in [0.29, 0.717) is 19.1 Å². The molecule has 130 valence electrons. The van der Waals surface area contributed by atoms with E-state index in [1.807, 2.05) is 29.4 Å². The first-order chi connectivity index (χ1) is 11.8. The lowest BCUT2D eigenvalue weighted by Gasteiger charge is -2.40. The first-order valence-electron chi connectivity index (χ1n) is 8.97. The van der Waals surface area contributed by atoms with Crippen molar-refractivity contribution in [2.45, 2.75) is 31.5 Å². The third-order valence-corrected chi connectivity index (χ3v) is 5.52. The van der Waals surface area contributed by atoms with Gasteiger partial charge in [-0.15, -0.1) is 0 Å². The van der Waals surface area contributed by atoms with Gasteiger partial charge in [0.25, 0.3) is 0 Å². The molecule has 4 heterocycles. The Balaban J connectivity index is 1.29. The van der Waals surface area contributed by atoms with Gasteiger partial charge in [-0.2, -0.15) is 0 Å². The van der Waals surface area contributed by atoms with E-state index in [0.717, 1.165) is 51.9 Å². The van der Waals surface area contributed by atoms with Crippen molar-refractivity contribution in [3.63, 3.8) is 0 Å². The van der Waals surface area contributed by atoms with Gasteiger partial charge >= 0.3 is 0 Å². The van der Waals surface area contributed by atoms with Gasteiger partial charge in [0.1, 0.15) is 0 Å². The molecule has 0 unspecified atom stereocenters. The highest BCUT2D eigenvalue weighted by molar-refractivity contribution is 5.79. The molecule has 24 heavy (non-hydrogen) atoms. The summed E-state index contributed by atoms with van der Waals surface area (Å²) in [7, 11) is 0. The monoisotopic (exact) mass is 331 g/mol. The van der Waals surface area contributed by atoms with Crippen molar-refractivity contribution < 1.29 is 14.3 Å². The maximum absolute atomic E-state index is 12.8. The summed E-state index contributed by atoms with van der Waals surface area (Å²) in [5.41, 5.74) is 1.20. The number of ether oxygens (including phenoxy) is 2. The van der Waals surface area contributed by atoms with E-state index in [2.05, 4.69) is 9.88 Å². The molecule has 1 aromatic rings. The van der Waals surface area contributed by atoms with Gasteiger partial charge in [0, 0.05) is 63.0 Å². The Kier molecular flexibility index (Phi) is 4.41. The quantitative estimate of drug-likeness (QED) is 0.825.